The van der Waals surface area contributed by atoms with Crippen LogP contribution in [0.1, 0.15) is 18.4 Å². The van der Waals surface area contributed by atoms with Crippen molar-refractivity contribution in [2.45, 2.75) is 35.3 Å². The Morgan fingerprint density at radius 1 is 1.29 bits per heavy atom. The molecule has 0 amide bonds. The molecule has 1 fully saturated rings. The van der Waals surface area contributed by atoms with Crippen molar-refractivity contribution in [3.05, 3.63) is 28.2 Å². The highest BCUT2D eigenvalue weighted by atomic mass is 79.9. The highest BCUT2D eigenvalue weighted by Gasteiger charge is 2.36. The van der Waals surface area contributed by atoms with Crippen molar-refractivity contribution >= 4 is 27.7 Å². The van der Waals surface area contributed by atoms with Crippen LogP contribution in [0, 0.1) is 0 Å². The summed E-state index contributed by atoms with van der Waals surface area (Å²) in [5.41, 5.74) is -0.605. The molecule has 0 aliphatic heterocycles. The number of aliphatic hydroxyl groups excluding tert-OH is 1. The molecule has 0 bridgehead atoms. The Balaban J connectivity index is 2.21. The SMILES string of the molecule is O[C@H]1C[C@H](Sc2cc(Br)ccc2C(F)(F)F)C1. The van der Waals surface area contributed by atoms with Crippen molar-refractivity contribution in [2.75, 3.05) is 0 Å². The van der Waals surface area contributed by atoms with Gasteiger partial charge in [-0.1, -0.05) is 15.9 Å². The van der Waals surface area contributed by atoms with Crippen molar-refractivity contribution in [1.82, 2.24) is 0 Å². The summed E-state index contributed by atoms with van der Waals surface area (Å²) in [6.45, 7) is 0. The monoisotopic (exact) mass is 326 g/mol. The number of hydrogen-bond acceptors (Lipinski definition) is 2. The maximum absolute atomic E-state index is 12.8. The predicted molar refractivity (Wildman–Crippen MR) is 64.0 cm³/mol. The Hall–Kier alpha value is -0.200. The summed E-state index contributed by atoms with van der Waals surface area (Å²) in [7, 11) is 0. The van der Waals surface area contributed by atoms with Crippen molar-refractivity contribution in [2.24, 2.45) is 0 Å². The first-order chi connectivity index (χ1) is 7.86. The van der Waals surface area contributed by atoms with E-state index in [0.29, 0.717) is 17.3 Å². The zero-order valence-electron chi connectivity index (χ0n) is 8.67. The van der Waals surface area contributed by atoms with Crippen molar-refractivity contribution < 1.29 is 18.3 Å². The minimum atomic E-state index is -4.33. The van der Waals surface area contributed by atoms with E-state index in [4.69, 9.17) is 5.11 Å². The molecule has 1 aliphatic rings. The fraction of sp³-hybridized carbons (Fsp3) is 0.455. The Morgan fingerprint density at radius 2 is 1.94 bits per heavy atom. The van der Waals surface area contributed by atoms with Gasteiger partial charge in [0.05, 0.1) is 11.7 Å². The molecule has 94 valence electrons. The van der Waals surface area contributed by atoms with Crippen molar-refractivity contribution in [3.63, 3.8) is 0 Å². The van der Waals surface area contributed by atoms with Gasteiger partial charge < -0.3 is 5.11 Å². The second kappa shape index (κ2) is 4.82. The second-order valence-corrected chi connectivity index (χ2v) is 6.26. The topological polar surface area (TPSA) is 20.2 Å². The van der Waals surface area contributed by atoms with Gasteiger partial charge >= 0.3 is 6.18 Å². The molecule has 1 aromatic rings. The molecule has 1 N–H and O–H groups in total. The molecule has 1 saturated carbocycles. The molecule has 0 aromatic heterocycles. The van der Waals surface area contributed by atoms with Crippen LogP contribution < -0.4 is 0 Å². The Bertz CT molecular complexity index is 416. The number of halogens is 4. The molecule has 0 radical (unpaired) electrons. The first-order valence-electron chi connectivity index (χ1n) is 5.07. The molecule has 0 unspecified atom stereocenters. The van der Waals surface area contributed by atoms with Gasteiger partial charge in [0.15, 0.2) is 0 Å². The van der Waals surface area contributed by atoms with Gasteiger partial charge in [0.25, 0.3) is 0 Å². The van der Waals surface area contributed by atoms with Gasteiger partial charge in [-0.05, 0) is 31.0 Å². The smallest absolute Gasteiger partial charge is 0.393 e. The van der Waals surface area contributed by atoms with Gasteiger partial charge in [0.1, 0.15) is 0 Å². The molecule has 1 aromatic carbocycles. The van der Waals surface area contributed by atoms with E-state index in [2.05, 4.69) is 15.9 Å². The largest absolute Gasteiger partial charge is 0.417 e. The summed E-state index contributed by atoms with van der Waals surface area (Å²) < 4.78 is 38.9. The summed E-state index contributed by atoms with van der Waals surface area (Å²) in [5, 5.41) is 9.22. The van der Waals surface area contributed by atoms with Crippen LogP contribution in [0.25, 0.3) is 0 Å². The molecule has 6 heteroatoms. The van der Waals surface area contributed by atoms with Crippen LogP contribution in [0.15, 0.2) is 27.6 Å². The van der Waals surface area contributed by atoms with E-state index in [1.54, 1.807) is 0 Å². The highest BCUT2D eigenvalue weighted by molar-refractivity contribution is 9.10. The van der Waals surface area contributed by atoms with Gasteiger partial charge in [-0.25, -0.2) is 0 Å². The third kappa shape index (κ3) is 3.17. The van der Waals surface area contributed by atoms with Gasteiger partial charge in [-0.15, -0.1) is 11.8 Å². The fourth-order valence-corrected chi connectivity index (χ4v) is 3.66. The molecule has 2 rings (SSSR count). The van der Waals surface area contributed by atoms with Crippen LogP contribution in [0.2, 0.25) is 0 Å². The summed E-state index contributed by atoms with van der Waals surface area (Å²) in [5.74, 6) is 0. The fourth-order valence-electron chi connectivity index (χ4n) is 1.64. The summed E-state index contributed by atoms with van der Waals surface area (Å²) in [6, 6.07) is 3.96. The maximum Gasteiger partial charge on any atom is 0.417 e. The van der Waals surface area contributed by atoms with E-state index in [-0.39, 0.29) is 16.2 Å². The standard InChI is InChI=1S/C11H10BrF3OS/c12-6-1-2-9(11(13,14)15)10(3-6)17-8-4-7(16)5-8/h1-3,7-8,16H,4-5H2/t7-,8-. The first-order valence-corrected chi connectivity index (χ1v) is 6.75. The predicted octanol–water partition coefficient (Wildman–Crippen LogP) is 4.08. The third-order valence-electron chi connectivity index (χ3n) is 2.61. The lowest BCUT2D eigenvalue weighted by Gasteiger charge is -2.31. The number of benzene rings is 1. The molecule has 1 nitrogen and oxygen atoms in total. The summed E-state index contributed by atoms with van der Waals surface area (Å²) in [4.78, 5) is 0.226. The Kier molecular flexibility index (Phi) is 3.75. The molecule has 17 heavy (non-hydrogen) atoms. The minimum Gasteiger partial charge on any atom is -0.393 e. The van der Waals surface area contributed by atoms with Crippen LogP contribution in [-0.2, 0) is 6.18 Å². The van der Waals surface area contributed by atoms with Gasteiger partial charge in [0.2, 0.25) is 0 Å². The van der Waals surface area contributed by atoms with E-state index in [9.17, 15) is 13.2 Å². The Labute approximate surface area is 110 Å². The van der Waals surface area contributed by atoms with Crippen LogP contribution in [0.3, 0.4) is 0 Å². The second-order valence-electron chi connectivity index (χ2n) is 4.00. The zero-order chi connectivity index (χ0) is 12.6. The molecule has 0 spiro atoms. The van der Waals surface area contributed by atoms with Crippen molar-refractivity contribution in [3.8, 4) is 0 Å². The average molecular weight is 327 g/mol. The number of thioether (sulfide) groups is 1. The van der Waals surface area contributed by atoms with Crippen LogP contribution in [0.4, 0.5) is 13.2 Å². The van der Waals surface area contributed by atoms with Crippen LogP contribution in [-0.4, -0.2) is 16.5 Å². The number of rotatable bonds is 2. The summed E-state index contributed by atoms with van der Waals surface area (Å²) >= 11 is 4.37. The molecular weight excluding hydrogens is 317 g/mol. The molecule has 0 saturated heterocycles. The van der Waals surface area contributed by atoms with Crippen LogP contribution >= 0.6 is 27.7 Å². The first kappa shape index (κ1) is 13.2. The quantitative estimate of drug-likeness (QED) is 0.883. The molecule has 1 aliphatic carbocycles. The van der Waals surface area contributed by atoms with E-state index in [1.165, 1.54) is 23.9 Å². The Morgan fingerprint density at radius 3 is 2.47 bits per heavy atom. The van der Waals surface area contributed by atoms with E-state index >= 15 is 0 Å². The average Bonchev–Trinajstić information content (AvgIpc) is 2.13. The van der Waals surface area contributed by atoms with E-state index in [1.807, 2.05) is 0 Å². The lowest BCUT2D eigenvalue weighted by molar-refractivity contribution is -0.139. The number of alkyl halides is 3. The van der Waals surface area contributed by atoms with Gasteiger partial charge in [-0.3, -0.25) is 0 Å². The molecule has 0 heterocycles. The highest BCUT2D eigenvalue weighted by Crippen LogP contribution is 2.43. The lowest BCUT2D eigenvalue weighted by atomic mass is 9.96. The van der Waals surface area contributed by atoms with E-state index in [0.717, 1.165) is 6.07 Å². The van der Waals surface area contributed by atoms with Gasteiger partial charge in [-0.2, -0.15) is 13.2 Å². The van der Waals surface area contributed by atoms with E-state index < -0.39 is 11.7 Å². The third-order valence-corrected chi connectivity index (χ3v) is 4.42. The molecular formula is C11H10BrF3OS. The lowest BCUT2D eigenvalue weighted by Crippen LogP contribution is -2.30. The van der Waals surface area contributed by atoms with Crippen LogP contribution in [0.5, 0.6) is 0 Å². The van der Waals surface area contributed by atoms with Crippen molar-refractivity contribution in [1.29, 1.82) is 0 Å². The maximum atomic E-state index is 12.8. The number of hydrogen-bond donors (Lipinski definition) is 1. The van der Waals surface area contributed by atoms with Gasteiger partial charge in [0, 0.05) is 14.6 Å². The molecule has 0 atom stereocenters. The zero-order valence-corrected chi connectivity index (χ0v) is 11.1. The number of aliphatic hydroxyl groups is 1. The minimum absolute atomic E-state index is 0.0837. The normalized spacial score (nSPS) is 24.5. The summed E-state index contributed by atoms with van der Waals surface area (Å²) in [6.07, 6.45) is -3.55.